The van der Waals surface area contributed by atoms with Gasteiger partial charge in [-0.2, -0.15) is 5.10 Å². The van der Waals surface area contributed by atoms with E-state index in [4.69, 9.17) is 0 Å². The zero-order valence-corrected chi connectivity index (χ0v) is 18.5. The van der Waals surface area contributed by atoms with Crippen molar-refractivity contribution < 1.29 is 4.79 Å². The Kier molecular flexibility index (Phi) is 7.89. The van der Waals surface area contributed by atoms with E-state index in [-0.39, 0.29) is 5.91 Å². The van der Waals surface area contributed by atoms with Crippen LogP contribution in [0.3, 0.4) is 0 Å². The number of amides is 1. The monoisotopic (exact) mass is 406 g/mol. The molecule has 0 bridgehead atoms. The molecule has 3 rings (SSSR count). The molecule has 2 aromatic rings. The Morgan fingerprint density at radius 3 is 2.03 bits per heavy atom. The molecule has 0 spiro atoms. The number of carbonyl (C=O) groups is 1. The molecule has 1 aliphatic heterocycles. The average Bonchev–Trinajstić information content (AvgIpc) is 3.08. The molecule has 0 saturated carbocycles. The molecule has 0 aliphatic carbocycles. The van der Waals surface area contributed by atoms with E-state index in [2.05, 4.69) is 58.4 Å². The first-order chi connectivity index (χ1) is 14.6. The second kappa shape index (κ2) is 10.8. The lowest BCUT2D eigenvalue weighted by Crippen LogP contribution is -2.23. The molecule has 1 aliphatic rings. The number of hydrazone groups is 1. The number of hydrogen-bond acceptors (Lipinski definition) is 4. The van der Waals surface area contributed by atoms with E-state index in [1.54, 1.807) is 0 Å². The maximum atomic E-state index is 12.5. The van der Waals surface area contributed by atoms with Crippen molar-refractivity contribution in [3.05, 3.63) is 59.7 Å². The van der Waals surface area contributed by atoms with Crippen LogP contribution in [0.2, 0.25) is 0 Å². The fraction of sp³-hybridized carbons (Fsp3) is 0.440. The summed E-state index contributed by atoms with van der Waals surface area (Å²) in [5.74, 6) is -0.193. The zero-order chi connectivity index (χ0) is 21.3. The van der Waals surface area contributed by atoms with Gasteiger partial charge in [-0.15, -0.1) is 0 Å². The minimum absolute atomic E-state index is 0.193. The third kappa shape index (κ3) is 5.62. The van der Waals surface area contributed by atoms with Gasteiger partial charge >= 0.3 is 0 Å². The molecule has 0 aromatic heterocycles. The third-order valence-corrected chi connectivity index (χ3v) is 5.84. The number of hydrogen-bond donors (Lipinski definition) is 1. The van der Waals surface area contributed by atoms with Crippen LogP contribution in [0.25, 0.3) is 0 Å². The molecule has 1 fully saturated rings. The molecule has 0 radical (unpaired) electrons. The van der Waals surface area contributed by atoms with Crippen LogP contribution in [-0.2, 0) is 0 Å². The summed E-state index contributed by atoms with van der Waals surface area (Å²) in [6.07, 6.45) is 5.20. The fourth-order valence-corrected chi connectivity index (χ4v) is 3.92. The van der Waals surface area contributed by atoms with Gasteiger partial charge in [0.1, 0.15) is 0 Å². The van der Waals surface area contributed by atoms with Gasteiger partial charge in [-0.25, -0.2) is 5.43 Å². The quantitative estimate of drug-likeness (QED) is 0.516. The first-order valence-electron chi connectivity index (χ1n) is 11.2. The molecule has 5 nitrogen and oxygen atoms in total. The van der Waals surface area contributed by atoms with Crippen LogP contribution < -0.4 is 15.2 Å². The third-order valence-electron chi connectivity index (χ3n) is 5.84. The summed E-state index contributed by atoms with van der Waals surface area (Å²) >= 11 is 0. The van der Waals surface area contributed by atoms with Crippen LogP contribution >= 0.6 is 0 Å². The van der Waals surface area contributed by atoms with Gasteiger partial charge in [-0.05, 0) is 75.6 Å². The molecular formula is C25H34N4O. The van der Waals surface area contributed by atoms with Gasteiger partial charge in [0.25, 0.3) is 5.91 Å². The van der Waals surface area contributed by atoms with E-state index in [0.29, 0.717) is 5.56 Å². The number of anilines is 2. The summed E-state index contributed by atoms with van der Waals surface area (Å²) in [6.45, 7) is 10.3. The van der Waals surface area contributed by atoms with Gasteiger partial charge < -0.3 is 9.80 Å². The first kappa shape index (κ1) is 21.9. The van der Waals surface area contributed by atoms with Gasteiger partial charge in [0.15, 0.2) is 0 Å². The maximum Gasteiger partial charge on any atom is 0.271 e. The van der Waals surface area contributed by atoms with Crippen molar-refractivity contribution in [3.8, 4) is 0 Å². The summed E-state index contributed by atoms with van der Waals surface area (Å²) in [4.78, 5) is 17.2. The minimum Gasteiger partial charge on any atom is -0.372 e. The van der Waals surface area contributed by atoms with E-state index < -0.39 is 0 Å². The fourth-order valence-electron chi connectivity index (χ4n) is 3.92. The smallest absolute Gasteiger partial charge is 0.271 e. The summed E-state index contributed by atoms with van der Waals surface area (Å²) in [6, 6.07) is 16.2. The predicted molar refractivity (Wildman–Crippen MR) is 127 cm³/mol. The molecule has 1 heterocycles. The molecule has 160 valence electrons. The second-order valence-electron chi connectivity index (χ2n) is 7.81. The lowest BCUT2D eigenvalue weighted by molar-refractivity contribution is 0.0955. The van der Waals surface area contributed by atoms with Gasteiger partial charge in [-0.1, -0.05) is 25.0 Å². The highest BCUT2D eigenvalue weighted by atomic mass is 16.2. The SMILES string of the molecule is CCN(CC)c1ccc(C(=O)N/N=C(/C)c2ccc(N3CCCCCC3)cc2)cc1. The first-order valence-corrected chi connectivity index (χ1v) is 11.2. The molecule has 1 amide bonds. The lowest BCUT2D eigenvalue weighted by atomic mass is 10.1. The summed E-state index contributed by atoms with van der Waals surface area (Å²) in [7, 11) is 0. The Morgan fingerprint density at radius 2 is 1.47 bits per heavy atom. The highest BCUT2D eigenvalue weighted by Crippen LogP contribution is 2.20. The van der Waals surface area contributed by atoms with Crippen molar-refractivity contribution in [1.29, 1.82) is 0 Å². The van der Waals surface area contributed by atoms with Crippen molar-refractivity contribution in [2.45, 2.75) is 46.5 Å². The largest absolute Gasteiger partial charge is 0.372 e. The molecule has 0 unspecified atom stereocenters. The Morgan fingerprint density at radius 1 is 0.900 bits per heavy atom. The number of nitrogens with zero attached hydrogens (tertiary/aromatic N) is 3. The Bertz CT molecular complexity index is 830. The Balaban J connectivity index is 1.60. The highest BCUT2D eigenvalue weighted by molar-refractivity contribution is 6.01. The van der Waals surface area contributed by atoms with Gasteiger partial charge in [0, 0.05) is 43.1 Å². The topological polar surface area (TPSA) is 47.9 Å². The standard InChI is InChI=1S/C25H34N4O/c1-4-28(5-2)23-16-12-22(13-17-23)25(30)27-26-20(3)21-10-14-24(15-11-21)29-18-8-6-7-9-19-29/h10-17H,4-9,18-19H2,1-3H3,(H,27,30)/b26-20-. The number of benzene rings is 2. The van der Waals surface area contributed by atoms with Crippen LogP contribution in [0.1, 0.15) is 62.4 Å². The van der Waals surface area contributed by atoms with Crippen molar-refractivity contribution in [1.82, 2.24) is 5.43 Å². The van der Waals surface area contributed by atoms with E-state index >= 15 is 0 Å². The van der Waals surface area contributed by atoms with Gasteiger partial charge in [0.05, 0.1) is 5.71 Å². The second-order valence-corrected chi connectivity index (χ2v) is 7.81. The zero-order valence-electron chi connectivity index (χ0n) is 18.5. The molecular weight excluding hydrogens is 372 g/mol. The number of rotatable bonds is 7. The predicted octanol–water partition coefficient (Wildman–Crippen LogP) is 5.07. The average molecular weight is 407 g/mol. The molecule has 5 heteroatoms. The van der Waals surface area contributed by atoms with Crippen LogP contribution in [0, 0.1) is 0 Å². The summed E-state index contributed by atoms with van der Waals surface area (Å²) < 4.78 is 0. The highest BCUT2D eigenvalue weighted by Gasteiger charge is 2.11. The normalized spacial score (nSPS) is 14.9. The van der Waals surface area contributed by atoms with Crippen molar-refractivity contribution in [2.24, 2.45) is 5.10 Å². The van der Waals surface area contributed by atoms with E-state index in [1.165, 1.54) is 31.4 Å². The van der Waals surface area contributed by atoms with Crippen molar-refractivity contribution in [3.63, 3.8) is 0 Å². The van der Waals surface area contributed by atoms with E-state index in [9.17, 15) is 4.79 Å². The van der Waals surface area contributed by atoms with Gasteiger partial charge in [-0.3, -0.25) is 4.79 Å². The van der Waals surface area contributed by atoms with Crippen LogP contribution in [0.4, 0.5) is 11.4 Å². The summed E-state index contributed by atoms with van der Waals surface area (Å²) in [5, 5.41) is 4.31. The molecule has 0 atom stereocenters. The minimum atomic E-state index is -0.193. The van der Waals surface area contributed by atoms with Crippen LogP contribution in [0.5, 0.6) is 0 Å². The molecule has 2 aromatic carbocycles. The van der Waals surface area contributed by atoms with Crippen molar-refractivity contribution >= 4 is 23.0 Å². The lowest BCUT2D eigenvalue weighted by Gasteiger charge is -2.22. The molecule has 1 N–H and O–H groups in total. The number of nitrogens with one attached hydrogen (secondary N) is 1. The van der Waals surface area contributed by atoms with Gasteiger partial charge in [0.2, 0.25) is 0 Å². The van der Waals surface area contributed by atoms with Crippen molar-refractivity contribution in [2.75, 3.05) is 36.0 Å². The van der Waals surface area contributed by atoms with E-state index in [0.717, 1.165) is 43.1 Å². The van der Waals surface area contributed by atoms with E-state index in [1.807, 2.05) is 31.2 Å². The Labute approximate surface area is 180 Å². The maximum absolute atomic E-state index is 12.5. The van der Waals surface area contributed by atoms with Crippen LogP contribution in [-0.4, -0.2) is 37.8 Å². The van der Waals surface area contributed by atoms with Crippen LogP contribution in [0.15, 0.2) is 53.6 Å². The molecule has 30 heavy (non-hydrogen) atoms. The molecule has 1 saturated heterocycles. The number of carbonyl (C=O) groups excluding carboxylic acids is 1. The summed E-state index contributed by atoms with van der Waals surface area (Å²) in [5.41, 5.74) is 7.51. The Hall–Kier alpha value is -2.82.